The van der Waals surface area contributed by atoms with Crippen LogP contribution in [0.25, 0.3) is 0 Å². The minimum atomic E-state index is -3.64. The second-order valence-corrected chi connectivity index (χ2v) is 9.16. The summed E-state index contributed by atoms with van der Waals surface area (Å²) in [6, 6.07) is 4.86. The highest BCUT2D eigenvalue weighted by atomic mass is 32.2. The van der Waals surface area contributed by atoms with E-state index in [1.807, 2.05) is 13.0 Å². The van der Waals surface area contributed by atoms with Gasteiger partial charge in [-0.25, -0.2) is 25.9 Å². The number of rotatable bonds is 4. The first-order valence-corrected chi connectivity index (χ1v) is 9.97. The number of nitrogens with zero attached hydrogens (tertiary/aromatic N) is 1. The first kappa shape index (κ1) is 16.4. The number of sulfonamides is 2. The lowest BCUT2D eigenvalue weighted by atomic mass is 10.2. The lowest BCUT2D eigenvalue weighted by Crippen LogP contribution is -2.38. The van der Waals surface area contributed by atoms with Gasteiger partial charge in [0.25, 0.3) is 0 Å². The first-order chi connectivity index (χ1) is 9.59. The molecule has 21 heavy (non-hydrogen) atoms. The summed E-state index contributed by atoms with van der Waals surface area (Å²) in [7, 11) is -6.91. The molecule has 0 spiro atoms. The zero-order valence-corrected chi connectivity index (χ0v) is 14.0. The second-order valence-electron chi connectivity index (χ2n) is 5.50. The maximum atomic E-state index is 12.4. The molecule has 0 aromatic heterocycles. The quantitative estimate of drug-likeness (QED) is 0.876. The summed E-state index contributed by atoms with van der Waals surface area (Å²) in [6.07, 6.45) is 1.62. The van der Waals surface area contributed by atoms with Crippen LogP contribution < -0.4 is 4.72 Å². The summed E-state index contributed by atoms with van der Waals surface area (Å²) in [4.78, 5) is 0.250. The Morgan fingerprint density at radius 1 is 1.19 bits per heavy atom. The third kappa shape index (κ3) is 3.82. The molecule has 118 valence electrons. The van der Waals surface area contributed by atoms with Crippen molar-refractivity contribution >= 4 is 20.0 Å². The average Bonchev–Trinajstić information content (AvgIpc) is 2.79. The number of benzene rings is 1. The Bertz CT molecular complexity index is 741. The van der Waals surface area contributed by atoms with E-state index in [-0.39, 0.29) is 17.5 Å². The van der Waals surface area contributed by atoms with Crippen molar-refractivity contribution in [3.05, 3.63) is 29.3 Å². The number of nitrogens with one attached hydrogen (secondary N) is 1. The standard InChI is InChI=1S/C13H20N2O4S2/c1-10-4-5-11(2)13(8-10)21(18,19)14-12-6-7-15(9-12)20(3,16)17/h4-5,8,12,14H,6-7,9H2,1-3H3. The normalized spacial score (nSPS) is 20.8. The van der Waals surface area contributed by atoms with Gasteiger partial charge in [-0.2, -0.15) is 0 Å². The van der Waals surface area contributed by atoms with Crippen LogP contribution in [0.3, 0.4) is 0 Å². The molecule has 0 aliphatic carbocycles. The van der Waals surface area contributed by atoms with Gasteiger partial charge in [0.15, 0.2) is 0 Å². The van der Waals surface area contributed by atoms with Crippen molar-refractivity contribution in [2.75, 3.05) is 19.3 Å². The highest BCUT2D eigenvalue weighted by Gasteiger charge is 2.31. The van der Waals surface area contributed by atoms with Crippen LogP contribution in [-0.2, 0) is 20.0 Å². The van der Waals surface area contributed by atoms with E-state index < -0.39 is 20.0 Å². The molecule has 0 saturated carbocycles. The van der Waals surface area contributed by atoms with Gasteiger partial charge in [-0.05, 0) is 37.5 Å². The van der Waals surface area contributed by atoms with Crippen molar-refractivity contribution in [1.82, 2.24) is 9.03 Å². The van der Waals surface area contributed by atoms with E-state index >= 15 is 0 Å². The fraction of sp³-hybridized carbons (Fsp3) is 0.538. The number of hydrogen-bond donors (Lipinski definition) is 1. The summed E-state index contributed by atoms with van der Waals surface area (Å²) < 4.78 is 51.7. The molecule has 1 unspecified atom stereocenters. The van der Waals surface area contributed by atoms with Crippen molar-refractivity contribution in [3.63, 3.8) is 0 Å². The third-order valence-corrected chi connectivity index (χ3v) is 6.51. The molecule has 1 N–H and O–H groups in total. The van der Waals surface area contributed by atoms with E-state index in [0.717, 1.165) is 11.8 Å². The first-order valence-electron chi connectivity index (χ1n) is 6.64. The highest BCUT2D eigenvalue weighted by molar-refractivity contribution is 7.89. The van der Waals surface area contributed by atoms with E-state index in [4.69, 9.17) is 0 Å². The molecule has 2 rings (SSSR count). The van der Waals surface area contributed by atoms with E-state index in [2.05, 4.69) is 4.72 Å². The predicted octanol–water partition coefficient (Wildman–Crippen LogP) is 0.616. The molecule has 8 heteroatoms. The topological polar surface area (TPSA) is 83.6 Å². The largest absolute Gasteiger partial charge is 0.241 e. The van der Waals surface area contributed by atoms with Crippen LogP contribution in [-0.4, -0.2) is 46.5 Å². The SMILES string of the molecule is Cc1ccc(C)c(S(=O)(=O)NC2CCN(S(C)(=O)=O)C2)c1. The molecule has 0 radical (unpaired) electrons. The van der Waals surface area contributed by atoms with Crippen LogP contribution in [0.1, 0.15) is 17.5 Å². The Balaban J connectivity index is 2.18. The Morgan fingerprint density at radius 3 is 2.43 bits per heavy atom. The predicted molar refractivity (Wildman–Crippen MR) is 81.1 cm³/mol. The Hall–Kier alpha value is -0.960. The lowest BCUT2D eigenvalue weighted by Gasteiger charge is -2.16. The van der Waals surface area contributed by atoms with Crippen molar-refractivity contribution < 1.29 is 16.8 Å². The zero-order valence-electron chi connectivity index (χ0n) is 12.3. The highest BCUT2D eigenvalue weighted by Crippen LogP contribution is 2.19. The maximum absolute atomic E-state index is 12.4. The Morgan fingerprint density at radius 2 is 1.86 bits per heavy atom. The van der Waals surface area contributed by atoms with Gasteiger partial charge in [0.1, 0.15) is 0 Å². The summed E-state index contributed by atoms with van der Waals surface area (Å²) in [5.41, 5.74) is 1.54. The van der Waals surface area contributed by atoms with E-state index in [9.17, 15) is 16.8 Å². The van der Waals surface area contributed by atoms with Crippen molar-refractivity contribution in [2.45, 2.75) is 31.2 Å². The summed E-state index contributed by atoms with van der Waals surface area (Å²) in [5, 5.41) is 0. The fourth-order valence-corrected chi connectivity index (χ4v) is 4.88. The molecule has 1 aromatic carbocycles. The molecule has 1 saturated heterocycles. The molecule has 1 aromatic rings. The van der Waals surface area contributed by atoms with Crippen LogP contribution in [0, 0.1) is 13.8 Å². The van der Waals surface area contributed by atoms with Crippen LogP contribution in [0.2, 0.25) is 0 Å². The molecular weight excluding hydrogens is 312 g/mol. The summed E-state index contributed by atoms with van der Waals surface area (Å²) >= 11 is 0. The van der Waals surface area contributed by atoms with Gasteiger partial charge in [0.05, 0.1) is 11.2 Å². The molecule has 0 amide bonds. The van der Waals surface area contributed by atoms with E-state index in [1.165, 1.54) is 4.31 Å². The summed E-state index contributed by atoms with van der Waals surface area (Å²) in [5.74, 6) is 0. The Labute approximate surface area is 126 Å². The van der Waals surface area contributed by atoms with E-state index in [0.29, 0.717) is 18.5 Å². The number of aryl methyl sites for hydroxylation is 2. The van der Waals surface area contributed by atoms with Crippen molar-refractivity contribution in [3.8, 4) is 0 Å². The number of hydrogen-bond acceptors (Lipinski definition) is 4. The molecule has 1 aliphatic rings. The molecule has 0 bridgehead atoms. The van der Waals surface area contributed by atoms with Gasteiger partial charge in [-0.1, -0.05) is 12.1 Å². The molecule has 1 atom stereocenters. The third-order valence-electron chi connectivity index (χ3n) is 3.57. The minimum absolute atomic E-state index is 0.183. The van der Waals surface area contributed by atoms with Gasteiger partial charge >= 0.3 is 0 Å². The molecule has 1 aliphatic heterocycles. The molecular formula is C13H20N2O4S2. The Kier molecular flexibility index (Phi) is 4.44. The van der Waals surface area contributed by atoms with Crippen molar-refractivity contribution in [2.24, 2.45) is 0 Å². The minimum Gasteiger partial charge on any atom is -0.213 e. The van der Waals surface area contributed by atoms with Gasteiger partial charge in [-0.3, -0.25) is 0 Å². The second kappa shape index (κ2) is 5.68. The van der Waals surface area contributed by atoms with Crippen LogP contribution >= 0.6 is 0 Å². The molecule has 6 nitrogen and oxygen atoms in total. The molecule has 1 fully saturated rings. The fourth-order valence-electron chi connectivity index (χ4n) is 2.41. The smallest absolute Gasteiger partial charge is 0.213 e. The van der Waals surface area contributed by atoms with Crippen LogP contribution in [0.5, 0.6) is 0 Å². The van der Waals surface area contributed by atoms with Gasteiger partial charge in [-0.15, -0.1) is 0 Å². The van der Waals surface area contributed by atoms with Gasteiger partial charge < -0.3 is 0 Å². The summed E-state index contributed by atoms with van der Waals surface area (Å²) in [6.45, 7) is 4.10. The van der Waals surface area contributed by atoms with E-state index in [1.54, 1.807) is 19.1 Å². The monoisotopic (exact) mass is 332 g/mol. The van der Waals surface area contributed by atoms with Crippen LogP contribution in [0.4, 0.5) is 0 Å². The van der Waals surface area contributed by atoms with Crippen molar-refractivity contribution in [1.29, 1.82) is 0 Å². The van der Waals surface area contributed by atoms with Gasteiger partial charge in [0.2, 0.25) is 20.0 Å². The average molecular weight is 332 g/mol. The van der Waals surface area contributed by atoms with Gasteiger partial charge in [0, 0.05) is 19.1 Å². The lowest BCUT2D eigenvalue weighted by molar-refractivity contribution is 0.472. The molecule has 1 heterocycles. The van der Waals surface area contributed by atoms with Crippen LogP contribution in [0.15, 0.2) is 23.1 Å². The maximum Gasteiger partial charge on any atom is 0.241 e. The zero-order chi connectivity index (χ0) is 15.8.